The number of aromatic nitrogens is 1. The van der Waals surface area contributed by atoms with Crippen LogP contribution < -0.4 is 4.74 Å². The smallest absolute Gasteiger partial charge is 0.354 e. The molecule has 21 heavy (non-hydrogen) atoms. The summed E-state index contributed by atoms with van der Waals surface area (Å²) in [5.74, 6) is 0.0740. The SMILES string of the molecule is CC1CCCC(Oc2nc(C(=O)O)cc3ccccc23)C1. The van der Waals surface area contributed by atoms with Crippen LogP contribution in [0.25, 0.3) is 10.8 Å². The number of rotatable bonds is 3. The van der Waals surface area contributed by atoms with Crippen molar-refractivity contribution in [2.45, 2.75) is 38.7 Å². The Labute approximate surface area is 123 Å². The summed E-state index contributed by atoms with van der Waals surface area (Å²) < 4.78 is 6.06. The van der Waals surface area contributed by atoms with E-state index in [4.69, 9.17) is 4.74 Å². The standard InChI is InChI=1S/C17H19NO3/c1-11-5-4-7-13(9-11)21-16-14-8-3-2-6-12(14)10-15(18-16)17(19)20/h2-3,6,8,10-11,13H,4-5,7,9H2,1H3,(H,19,20). The molecule has 0 amide bonds. The third kappa shape index (κ3) is 2.99. The predicted octanol–water partition coefficient (Wildman–Crippen LogP) is 3.89. The van der Waals surface area contributed by atoms with Crippen molar-refractivity contribution in [2.75, 3.05) is 0 Å². The van der Waals surface area contributed by atoms with Crippen molar-refractivity contribution in [2.24, 2.45) is 5.92 Å². The van der Waals surface area contributed by atoms with Crippen LogP contribution in [0.2, 0.25) is 0 Å². The van der Waals surface area contributed by atoms with Gasteiger partial charge in [-0.1, -0.05) is 31.5 Å². The maximum absolute atomic E-state index is 11.2. The third-order valence-corrected chi connectivity index (χ3v) is 4.09. The van der Waals surface area contributed by atoms with Gasteiger partial charge in [-0.2, -0.15) is 0 Å². The maximum Gasteiger partial charge on any atom is 0.354 e. The minimum absolute atomic E-state index is 0.0348. The third-order valence-electron chi connectivity index (χ3n) is 4.09. The summed E-state index contributed by atoms with van der Waals surface area (Å²) in [5, 5.41) is 10.9. The summed E-state index contributed by atoms with van der Waals surface area (Å²) in [7, 11) is 0. The monoisotopic (exact) mass is 285 g/mol. The number of benzene rings is 1. The Hall–Kier alpha value is -2.10. The first-order valence-corrected chi connectivity index (χ1v) is 7.43. The molecule has 1 aromatic heterocycles. The highest BCUT2D eigenvalue weighted by molar-refractivity contribution is 5.94. The van der Waals surface area contributed by atoms with Crippen LogP contribution in [0.3, 0.4) is 0 Å². The lowest BCUT2D eigenvalue weighted by atomic mass is 9.89. The fourth-order valence-electron chi connectivity index (χ4n) is 3.01. The van der Waals surface area contributed by atoms with E-state index in [1.807, 2.05) is 24.3 Å². The van der Waals surface area contributed by atoms with E-state index in [-0.39, 0.29) is 11.8 Å². The van der Waals surface area contributed by atoms with Crippen molar-refractivity contribution in [1.82, 2.24) is 4.98 Å². The van der Waals surface area contributed by atoms with Crippen molar-refractivity contribution in [3.63, 3.8) is 0 Å². The molecule has 1 aliphatic rings. The van der Waals surface area contributed by atoms with Crippen LogP contribution >= 0.6 is 0 Å². The minimum Gasteiger partial charge on any atom is -0.477 e. The van der Waals surface area contributed by atoms with Gasteiger partial charge in [0.05, 0.1) is 0 Å². The van der Waals surface area contributed by atoms with Gasteiger partial charge >= 0.3 is 5.97 Å². The molecule has 2 aromatic rings. The van der Waals surface area contributed by atoms with E-state index >= 15 is 0 Å². The van der Waals surface area contributed by atoms with Gasteiger partial charge in [-0.25, -0.2) is 9.78 Å². The molecule has 110 valence electrons. The van der Waals surface area contributed by atoms with Gasteiger partial charge in [0.2, 0.25) is 5.88 Å². The van der Waals surface area contributed by atoms with E-state index < -0.39 is 5.97 Å². The number of carbonyl (C=O) groups is 1. The van der Waals surface area contributed by atoms with Gasteiger partial charge in [0.15, 0.2) is 5.69 Å². The van der Waals surface area contributed by atoms with Crippen molar-refractivity contribution in [3.05, 3.63) is 36.0 Å². The quantitative estimate of drug-likeness (QED) is 0.929. The van der Waals surface area contributed by atoms with E-state index in [9.17, 15) is 9.90 Å². The van der Waals surface area contributed by atoms with Gasteiger partial charge in [-0.05, 0) is 42.7 Å². The van der Waals surface area contributed by atoms with Crippen LogP contribution in [-0.2, 0) is 0 Å². The van der Waals surface area contributed by atoms with Gasteiger partial charge in [0.25, 0.3) is 0 Å². The van der Waals surface area contributed by atoms with E-state index in [0.717, 1.165) is 30.0 Å². The maximum atomic E-state index is 11.2. The summed E-state index contributed by atoms with van der Waals surface area (Å²) in [6.45, 7) is 2.23. The molecule has 1 aromatic carbocycles. The zero-order valence-electron chi connectivity index (χ0n) is 12.1. The normalized spacial score (nSPS) is 22.1. The first-order chi connectivity index (χ1) is 10.1. The first kappa shape index (κ1) is 13.9. The van der Waals surface area contributed by atoms with Crippen molar-refractivity contribution < 1.29 is 14.6 Å². The van der Waals surface area contributed by atoms with Crippen LogP contribution in [-0.4, -0.2) is 22.2 Å². The summed E-state index contributed by atoms with van der Waals surface area (Å²) in [6.07, 6.45) is 4.55. The van der Waals surface area contributed by atoms with Gasteiger partial charge < -0.3 is 9.84 Å². The molecule has 3 rings (SSSR count). The molecule has 1 heterocycles. The van der Waals surface area contributed by atoms with E-state index in [2.05, 4.69) is 11.9 Å². The number of hydrogen-bond donors (Lipinski definition) is 1. The lowest BCUT2D eigenvalue weighted by Crippen LogP contribution is -2.24. The average Bonchev–Trinajstić information content (AvgIpc) is 2.47. The summed E-state index contributed by atoms with van der Waals surface area (Å²) >= 11 is 0. The largest absolute Gasteiger partial charge is 0.477 e. The molecule has 1 fully saturated rings. The number of ether oxygens (including phenoxy) is 1. The molecular formula is C17H19NO3. The van der Waals surface area contributed by atoms with E-state index in [1.165, 1.54) is 6.42 Å². The Morgan fingerprint density at radius 1 is 1.33 bits per heavy atom. The van der Waals surface area contributed by atoms with E-state index in [1.54, 1.807) is 6.07 Å². The molecule has 2 atom stereocenters. The Morgan fingerprint density at radius 2 is 2.14 bits per heavy atom. The zero-order chi connectivity index (χ0) is 14.8. The topological polar surface area (TPSA) is 59.4 Å². The van der Waals surface area contributed by atoms with Crippen LogP contribution in [0.1, 0.15) is 43.1 Å². The summed E-state index contributed by atoms with van der Waals surface area (Å²) in [6, 6.07) is 9.21. The second kappa shape index (κ2) is 5.72. The highest BCUT2D eigenvalue weighted by Gasteiger charge is 2.22. The summed E-state index contributed by atoms with van der Waals surface area (Å²) in [4.78, 5) is 15.4. The fourth-order valence-corrected chi connectivity index (χ4v) is 3.01. The van der Waals surface area contributed by atoms with Crippen LogP contribution in [0.4, 0.5) is 0 Å². The lowest BCUT2D eigenvalue weighted by molar-refractivity contribution is 0.0686. The lowest BCUT2D eigenvalue weighted by Gasteiger charge is -2.27. The summed E-state index contributed by atoms with van der Waals surface area (Å²) in [5.41, 5.74) is 0.0348. The number of carboxylic acids is 1. The molecule has 4 nitrogen and oxygen atoms in total. The molecule has 1 aliphatic carbocycles. The Bertz CT molecular complexity index is 668. The van der Waals surface area contributed by atoms with Crippen molar-refractivity contribution in [3.8, 4) is 5.88 Å². The number of hydrogen-bond acceptors (Lipinski definition) is 3. The molecule has 0 bridgehead atoms. The average molecular weight is 285 g/mol. The van der Waals surface area contributed by atoms with Gasteiger partial charge in [0, 0.05) is 5.39 Å². The second-order valence-electron chi connectivity index (χ2n) is 5.85. The molecule has 0 radical (unpaired) electrons. The molecule has 1 N–H and O–H groups in total. The Kier molecular flexibility index (Phi) is 3.78. The molecular weight excluding hydrogens is 266 g/mol. The Balaban J connectivity index is 1.97. The van der Waals surface area contributed by atoms with Crippen LogP contribution in [0, 0.1) is 5.92 Å². The molecule has 0 saturated heterocycles. The number of nitrogens with zero attached hydrogens (tertiary/aromatic N) is 1. The van der Waals surface area contributed by atoms with Crippen LogP contribution in [0.15, 0.2) is 30.3 Å². The number of aromatic carboxylic acids is 1. The fraction of sp³-hybridized carbons (Fsp3) is 0.412. The predicted molar refractivity (Wildman–Crippen MR) is 80.8 cm³/mol. The van der Waals surface area contributed by atoms with Gasteiger partial charge in [-0.3, -0.25) is 0 Å². The number of fused-ring (bicyclic) bond motifs is 1. The van der Waals surface area contributed by atoms with Gasteiger partial charge in [-0.15, -0.1) is 0 Å². The highest BCUT2D eigenvalue weighted by Crippen LogP contribution is 2.30. The molecule has 2 unspecified atom stereocenters. The number of pyridine rings is 1. The minimum atomic E-state index is -1.03. The highest BCUT2D eigenvalue weighted by atomic mass is 16.5. The molecule has 4 heteroatoms. The second-order valence-corrected chi connectivity index (χ2v) is 5.85. The first-order valence-electron chi connectivity index (χ1n) is 7.43. The number of carboxylic acid groups (broad SMARTS) is 1. The zero-order valence-corrected chi connectivity index (χ0v) is 12.1. The van der Waals surface area contributed by atoms with Crippen molar-refractivity contribution in [1.29, 1.82) is 0 Å². The van der Waals surface area contributed by atoms with Crippen LogP contribution in [0.5, 0.6) is 5.88 Å². The van der Waals surface area contributed by atoms with Crippen molar-refractivity contribution >= 4 is 16.7 Å². The molecule has 1 saturated carbocycles. The molecule has 0 aliphatic heterocycles. The molecule has 0 spiro atoms. The van der Waals surface area contributed by atoms with E-state index in [0.29, 0.717) is 11.8 Å². The Morgan fingerprint density at radius 3 is 2.90 bits per heavy atom. The van der Waals surface area contributed by atoms with Gasteiger partial charge in [0.1, 0.15) is 6.10 Å².